The van der Waals surface area contributed by atoms with Crippen molar-refractivity contribution >= 4 is 11.7 Å². The molecule has 0 bridgehead atoms. The molecule has 2 aromatic heterocycles. The molecule has 0 aliphatic carbocycles. The lowest BCUT2D eigenvalue weighted by molar-refractivity contribution is 0.0702. The van der Waals surface area contributed by atoms with Crippen LogP contribution >= 0.6 is 0 Å². The molecule has 0 saturated carbocycles. The number of likely N-dealkylation sites (tertiary alicyclic amines) is 1. The van der Waals surface area contributed by atoms with Gasteiger partial charge in [0.1, 0.15) is 11.6 Å². The molecule has 1 amide bonds. The first-order valence-electron chi connectivity index (χ1n) is 10.5. The predicted molar refractivity (Wildman–Crippen MR) is 120 cm³/mol. The van der Waals surface area contributed by atoms with Crippen LogP contribution in [0.5, 0.6) is 5.75 Å². The smallest absolute Gasteiger partial charge is 0.257 e. The Hall–Kier alpha value is -3.48. The van der Waals surface area contributed by atoms with Crippen molar-refractivity contribution in [3.63, 3.8) is 0 Å². The minimum Gasteiger partial charge on any atom is -0.496 e. The van der Waals surface area contributed by atoms with E-state index >= 15 is 0 Å². The molecule has 0 unspecified atom stereocenters. The molecule has 1 fully saturated rings. The quantitative estimate of drug-likeness (QED) is 0.631. The lowest BCUT2D eigenvalue weighted by Crippen LogP contribution is -2.39. The number of ether oxygens (including phenoxy) is 1. The van der Waals surface area contributed by atoms with Crippen LogP contribution in [0.4, 0.5) is 5.82 Å². The summed E-state index contributed by atoms with van der Waals surface area (Å²) in [5.41, 5.74) is 2.43. The molecule has 7 heteroatoms. The number of aromatic nitrogens is 3. The molecular formula is C24H27N5O2. The Bertz CT molecular complexity index is 1050. The number of hydrogen-bond acceptors (Lipinski definition) is 6. The van der Waals surface area contributed by atoms with Gasteiger partial charge in [0.2, 0.25) is 0 Å². The van der Waals surface area contributed by atoms with Crippen LogP contribution in [0.3, 0.4) is 0 Å². The number of carbonyl (C=O) groups excluding carboxylic acids is 1. The van der Waals surface area contributed by atoms with Gasteiger partial charge in [-0.3, -0.25) is 9.78 Å². The van der Waals surface area contributed by atoms with Crippen molar-refractivity contribution < 1.29 is 9.53 Å². The minimum atomic E-state index is -0.00322. The molecule has 1 aliphatic heterocycles. The SMILES string of the molecule is COc1ccccc1C(=O)N1CCC[C@@H](c2cc(N(C)C)nc(-c3cccnc3)n2)C1. The third-order valence-corrected chi connectivity index (χ3v) is 5.57. The van der Waals surface area contributed by atoms with Crippen LogP contribution in [-0.4, -0.2) is 60.1 Å². The van der Waals surface area contributed by atoms with Crippen LogP contribution < -0.4 is 9.64 Å². The van der Waals surface area contributed by atoms with E-state index in [9.17, 15) is 4.79 Å². The van der Waals surface area contributed by atoms with Gasteiger partial charge in [-0.1, -0.05) is 12.1 Å². The second-order valence-corrected chi connectivity index (χ2v) is 7.90. The van der Waals surface area contributed by atoms with Gasteiger partial charge in [0.25, 0.3) is 5.91 Å². The average Bonchev–Trinajstić information content (AvgIpc) is 2.83. The summed E-state index contributed by atoms with van der Waals surface area (Å²) in [6.45, 7) is 1.35. The van der Waals surface area contributed by atoms with Gasteiger partial charge in [0, 0.05) is 57.1 Å². The normalized spacial score (nSPS) is 16.1. The standard InChI is InChI=1S/C24H27N5O2/c1-28(2)22-14-20(26-23(27-22)17-8-6-12-25-15-17)18-9-7-13-29(16-18)24(30)19-10-4-5-11-21(19)31-3/h4-6,8,10-12,14-15,18H,7,9,13,16H2,1-3H3/t18-/m1/s1. The number of benzene rings is 1. The Labute approximate surface area is 182 Å². The monoisotopic (exact) mass is 417 g/mol. The van der Waals surface area contributed by atoms with Crippen molar-refractivity contribution in [1.82, 2.24) is 19.9 Å². The van der Waals surface area contributed by atoms with Gasteiger partial charge in [-0.2, -0.15) is 0 Å². The Kier molecular flexibility index (Phi) is 6.11. The Balaban J connectivity index is 1.63. The van der Waals surface area contributed by atoms with E-state index < -0.39 is 0 Å². The zero-order valence-corrected chi connectivity index (χ0v) is 18.2. The number of rotatable bonds is 5. The fraction of sp³-hybridized carbons (Fsp3) is 0.333. The van der Waals surface area contributed by atoms with Crippen molar-refractivity contribution in [1.29, 1.82) is 0 Å². The number of anilines is 1. The van der Waals surface area contributed by atoms with Crippen molar-refractivity contribution in [3.8, 4) is 17.1 Å². The summed E-state index contributed by atoms with van der Waals surface area (Å²) in [4.78, 5) is 30.9. The fourth-order valence-electron chi connectivity index (χ4n) is 3.91. The number of piperidine rings is 1. The lowest BCUT2D eigenvalue weighted by Gasteiger charge is -2.33. The highest BCUT2D eigenvalue weighted by atomic mass is 16.5. The Morgan fingerprint density at radius 2 is 2.00 bits per heavy atom. The van der Waals surface area contributed by atoms with Crippen molar-refractivity contribution in [3.05, 3.63) is 66.1 Å². The highest BCUT2D eigenvalue weighted by Crippen LogP contribution is 2.31. The highest BCUT2D eigenvalue weighted by molar-refractivity contribution is 5.97. The molecule has 1 atom stereocenters. The third-order valence-electron chi connectivity index (χ3n) is 5.57. The van der Waals surface area contributed by atoms with E-state index in [0.717, 1.165) is 36.5 Å². The molecule has 1 aliphatic rings. The van der Waals surface area contributed by atoms with E-state index in [1.54, 1.807) is 19.5 Å². The largest absolute Gasteiger partial charge is 0.496 e. The number of amides is 1. The third kappa shape index (κ3) is 4.50. The molecule has 0 N–H and O–H groups in total. The van der Waals surface area contributed by atoms with Crippen LogP contribution in [0.15, 0.2) is 54.9 Å². The van der Waals surface area contributed by atoms with Gasteiger partial charge in [-0.15, -0.1) is 0 Å². The summed E-state index contributed by atoms with van der Waals surface area (Å²) in [5, 5.41) is 0. The Morgan fingerprint density at radius 3 is 2.74 bits per heavy atom. The van der Waals surface area contributed by atoms with Crippen LogP contribution in [0, 0.1) is 0 Å². The lowest BCUT2D eigenvalue weighted by atomic mass is 9.93. The van der Waals surface area contributed by atoms with E-state index in [2.05, 4.69) is 4.98 Å². The first-order chi connectivity index (χ1) is 15.1. The maximum Gasteiger partial charge on any atom is 0.257 e. The van der Waals surface area contributed by atoms with Crippen molar-refractivity contribution in [2.24, 2.45) is 0 Å². The second-order valence-electron chi connectivity index (χ2n) is 7.90. The van der Waals surface area contributed by atoms with E-state index in [1.165, 1.54) is 0 Å². The molecule has 3 aromatic rings. The van der Waals surface area contributed by atoms with Gasteiger partial charge in [-0.05, 0) is 37.1 Å². The second kappa shape index (κ2) is 9.12. The molecule has 7 nitrogen and oxygen atoms in total. The van der Waals surface area contributed by atoms with Gasteiger partial charge in [-0.25, -0.2) is 9.97 Å². The number of para-hydroxylation sites is 1. The van der Waals surface area contributed by atoms with Crippen LogP contribution in [0.2, 0.25) is 0 Å². The molecule has 1 saturated heterocycles. The van der Waals surface area contributed by atoms with E-state index in [1.807, 2.05) is 66.4 Å². The van der Waals surface area contributed by atoms with Crippen LogP contribution in [0.25, 0.3) is 11.4 Å². The summed E-state index contributed by atoms with van der Waals surface area (Å²) < 4.78 is 5.40. The molecule has 4 rings (SSSR count). The number of carbonyl (C=O) groups is 1. The summed E-state index contributed by atoms with van der Waals surface area (Å²) in [5.74, 6) is 2.24. The van der Waals surface area contributed by atoms with Gasteiger partial charge < -0.3 is 14.5 Å². The van der Waals surface area contributed by atoms with E-state index in [4.69, 9.17) is 14.7 Å². The Morgan fingerprint density at radius 1 is 1.16 bits per heavy atom. The summed E-state index contributed by atoms with van der Waals surface area (Å²) in [6, 6.07) is 13.3. The molecule has 160 valence electrons. The van der Waals surface area contributed by atoms with E-state index in [0.29, 0.717) is 23.7 Å². The van der Waals surface area contributed by atoms with Gasteiger partial charge in [0.15, 0.2) is 5.82 Å². The summed E-state index contributed by atoms with van der Waals surface area (Å²) >= 11 is 0. The first-order valence-corrected chi connectivity index (χ1v) is 10.5. The zero-order chi connectivity index (χ0) is 21.8. The van der Waals surface area contributed by atoms with Gasteiger partial charge in [0.05, 0.1) is 18.4 Å². The average molecular weight is 418 g/mol. The predicted octanol–water partition coefficient (Wildman–Crippen LogP) is 3.63. The summed E-state index contributed by atoms with van der Waals surface area (Å²) in [7, 11) is 5.53. The molecule has 3 heterocycles. The number of pyridine rings is 1. The number of hydrogen-bond donors (Lipinski definition) is 0. The maximum absolute atomic E-state index is 13.2. The molecule has 0 spiro atoms. The minimum absolute atomic E-state index is 0.00322. The number of nitrogens with zero attached hydrogens (tertiary/aromatic N) is 5. The van der Waals surface area contributed by atoms with Crippen molar-refractivity contribution in [2.45, 2.75) is 18.8 Å². The van der Waals surface area contributed by atoms with Gasteiger partial charge >= 0.3 is 0 Å². The highest BCUT2D eigenvalue weighted by Gasteiger charge is 2.28. The molecule has 1 aromatic carbocycles. The summed E-state index contributed by atoms with van der Waals surface area (Å²) in [6.07, 6.45) is 5.42. The van der Waals surface area contributed by atoms with Crippen LogP contribution in [-0.2, 0) is 0 Å². The molecular weight excluding hydrogens is 390 g/mol. The van der Waals surface area contributed by atoms with Crippen molar-refractivity contribution in [2.75, 3.05) is 39.2 Å². The zero-order valence-electron chi connectivity index (χ0n) is 18.2. The van der Waals surface area contributed by atoms with Crippen LogP contribution in [0.1, 0.15) is 34.8 Å². The molecule has 31 heavy (non-hydrogen) atoms. The maximum atomic E-state index is 13.2. The van der Waals surface area contributed by atoms with E-state index in [-0.39, 0.29) is 11.8 Å². The molecule has 0 radical (unpaired) electrons. The first kappa shape index (κ1) is 20.8. The topological polar surface area (TPSA) is 71.5 Å². The fourth-order valence-corrected chi connectivity index (χ4v) is 3.91. The number of methoxy groups -OCH3 is 1.